The first-order valence-electron chi connectivity index (χ1n) is 8.92. The number of aryl methyl sites for hydroxylation is 1. The van der Waals surface area contributed by atoms with E-state index in [1.54, 1.807) is 0 Å². The molecule has 24 heavy (non-hydrogen) atoms. The maximum atomic E-state index is 12.7. The summed E-state index contributed by atoms with van der Waals surface area (Å²) in [6, 6.07) is 4.46. The first kappa shape index (κ1) is 17.4. The molecule has 2 atom stereocenters. The molecule has 0 saturated carbocycles. The molecule has 1 aromatic rings. The van der Waals surface area contributed by atoms with Crippen LogP contribution < -0.4 is 10.6 Å². The minimum atomic E-state index is 0.0186. The number of likely N-dealkylation sites (tertiary alicyclic amines) is 1. The summed E-state index contributed by atoms with van der Waals surface area (Å²) >= 11 is 1.53. The predicted molar refractivity (Wildman–Crippen MR) is 96.3 cm³/mol. The van der Waals surface area contributed by atoms with Gasteiger partial charge in [-0.2, -0.15) is 0 Å². The number of carbonyl (C=O) groups excluding carboxylic acids is 2. The van der Waals surface area contributed by atoms with Crippen LogP contribution in [0.25, 0.3) is 0 Å². The molecule has 6 heteroatoms. The second-order valence-electron chi connectivity index (χ2n) is 7.06. The number of carbonyl (C=O) groups is 2. The van der Waals surface area contributed by atoms with Crippen LogP contribution in [-0.2, 0) is 4.79 Å². The Morgan fingerprint density at radius 1 is 1.25 bits per heavy atom. The van der Waals surface area contributed by atoms with Crippen LogP contribution in [0.3, 0.4) is 0 Å². The van der Waals surface area contributed by atoms with Crippen molar-refractivity contribution in [2.24, 2.45) is 5.92 Å². The first-order valence-corrected chi connectivity index (χ1v) is 9.74. The fraction of sp³-hybridized carbons (Fsp3) is 0.667. The second kappa shape index (κ2) is 7.66. The van der Waals surface area contributed by atoms with Crippen LogP contribution in [0.4, 0.5) is 0 Å². The third kappa shape index (κ3) is 4.16. The van der Waals surface area contributed by atoms with Crippen molar-refractivity contribution in [3.63, 3.8) is 0 Å². The van der Waals surface area contributed by atoms with Crippen LogP contribution in [0.2, 0.25) is 0 Å². The first-order chi connectivity index (χ1) is 11.5. The van der Waals surface area contributed by atoms with Gasteiger partial charge in [0, 0.05) is 36.0 Å². The maximum absolute atomic E-state index is 12.7. The molecule has 0 bridgehead atoms. The third-order valence-electron chi connectivity index (χ3n) is 5.08. The van der Waals surface area contributed by atoms with E-state index in [1.165, 1.54) is 11.3 Å². The standard InChI is InChI=1S/C18H27N3O2S/c1-12-11-14(5-8-19-12)18(23)21-9-6-15(7-10-21)20-17(22)16-4-3-13(2)24-16/h3-4,12,14-15,19H,5-11H2,1-2H3,(H,20,22)/t12-,14-/m0/s1. The van der Waals surface area contributed by atoms with Gasteiger partial charge in [-0.3, -0.25) is 9.59 Å². The summed E-state index contributed by atoms with van der Waals surface area (Å²) in [5.74, 6) is 0.494. The van der Waals surface area contributed by atoms with E-state index in [0.717, 1.165) is 55.1 Å². The molecule has 1 aromatic heterocycles. The molecule has 0 aromatic carbocycles. The number of nitrogens with one attached hydrogen (secondary N) is 2. The molecule has 5 nitrogen and oxygen atoms in total. The lowest BCUT2D eigenvalue weighted by molar-refractivity contribution is -0.137. The van der Waals surface area contributed by atoms with Gasteiger partial charge in [0.2, 0.25) is 5.91 Å². The summed E-state index contributed by atoms with van der Waals surface area (Å²) in [5, 5.41) is 6.52. The number of hydrogen-bond donors (Lipinski definition) is 2. The van der Waals surface area contributed by atoms with Gasteiger partial charge in [-0.25, -0.2) is 0 Å². The van der Waals surface area contributed by atoms with Crippen LogP contribution in [0.15, 0.2) is 12.1 Å². The van der Waals surface area contributed by atoms with Crippen LogP contribution in [-0.4, -0.2) is 48.4 Å². The number of thiophene rings is 1. The average molecular weight is 350 g/mol. The Kier molecular flexibility index (Phi) is 5.56. The molecule has 0 aliphatic carbocycles. The molecule has 3 heterocycles. The molecule has 2 N–H and O–H groups in total. The normalized spacial score (nSPS) is 25.5. The number of rotatable bonds is 3. The molecule has 132 valence electrons. The van der Waals surface area contributed by atoms with Crippen LogP contribution >= 0.6 is 11.3 Å². The average Bonchev–Trinajstić information content (AvgIpc) is 3.01. The topological polar surface area (TPSA) is 61.4 Å². The summed E-state index contributed by atoms with van der Waals surface area (Å²) in [7, 11) is 0. The SMILES string of the molecule is Cc1ccc(C(=O)NC2CCN(C(=O)[C@H]3CCN[C@@H](C)C3)CC2)s1. The summed E-state index contributed by atoms with van der Waals surface area (Å²) in [6.45, 7) is 6.60. The lowest BCUT2D eigenvalue weighted by atomic mass is 9.91. The Balaban J connectivity index is 1.47. The van der Waals surface area contributed by atoms with E-state index in [1.807, 2.05) is 24.0 Å². The van der Waals surface area contributed by atoms with Crippen molar-refractivity contribution < 1.29 is 9.59 Å². The number of piperidine rings is 2. The summed E-state index contributed by atoms with van der Waals surface area (Å²) < 4.78 is 0. The third-order valence-corrected chi connectivity index (χ3v) is 6.08. The van der Waals surface area contributed by atoms with Crippen LogP contribution in [0, 0.1) is 12.8 Å². The molecule has 0 unspecified atom stereocenters. The van der Waals surface area contributed by atoms with E-state index in [2.05, 4.69) is 17.6 Å². The fourth-order valence-electron chi connectivity index (χ4n) is 3.67. The second-order valence-corrected chi connectivity index (χ2v) is 8.35. The lowest BCUT2D eigenvalue weighted by Gasteiger charge is -2.36. The van der Waals surface area contributed by atoms with Gasteiger partial charge in [0.05, 0.1) is 4.88 Å². The van der Waals surface area contributed by atoms with Crippen molar-refractivity contribution in [3.05, 3.63) is 21.9 Å². The Morgan fingerprint density at radius 3 is 2.62 bits per heavy atom. The fourth-order valence-corrected chi connectivity index (χ4v) is 4.44. The van der Waals surface area contributed by atoms with Gasteiger partial charge in [-0.1, -0.05) is 0 Å². The summed E-state index contributed by atoms with van der Waals surface area (Å²) in [5.41, 5.74) is 0. The van der Waals surface area contributed by atoms with E-state index in [9.17, 15) is 9.59 Å². The van der Waals surface area contributed by atoms with Crippen molar-refractivity contribution in [3.8, 4) is 0 Å². The quantitative estimate of drug-likeness (QED) is 0.879. The highest BCUT2D eigenvalue weighted by Crippen LogP contribution is 2.22. The van der Waals surface area contributed by atoms with Crippen molar-refractivity contribution in [1.29, 1.82) is 0 Å². The Morgan fingerprint density at radius 2 is 2.00 bits per heavy atom. The number of hydrogen-bond acceptors (Lipinski definition) is 4. The Hall–Kier alpha value is -1.40. The molecule has 2 aliphatic rings. The van der Waals surface area contributed by atoms with Gasteiger partial charge in [0.15, 0.2) is 0 Å². The van der Waals surface area contributed by atoms with Crippen molar-refractivity contribution in [2.45, 2.75) is 51.6 Å². The van der Waals surface area contributed by atoms with Gasteiger partial charge in [-0.05, 0) is 58.2 Å². The Bertz CT molecular complexity index is 593. The molecule has 2 aliphatic heterocycles. The van der Waals surface area contributed by atoms with E-state index >= 15 is 0 Å². The van der Waals surface area contributed by atoms with Gasteiger partial charge in [0.1, 0.15) is 0 Å². The van der Waals surface area contributed by atoms with Gasteiger partial charge in [0.25, 0.3) is 5.91 Å². The molecular formula is C18H27N3O2S. The maximum Gasteiger partial charge on any atom is 0.261 e. The zero-order valence-corrected chi connectivity index (χ0v) is 15.3. The van der Waals surface area contributed by atoms with Gasteiger partial charge < -0.3 is 15.5 Å². The lowest BCUT2D eigenvalue weighted by Crippen LogP contribution is -2.50. The van der Waals surface area contributed by atoms with Crippen molar-refractivity contribution in [1.82, 2.24) is 15.5 Å². The van der Waals surface area contributed by atoms with E-state index < -0.39 is 0 Å². The molecule has 0 radical (unpaired) electrons. The number of nitrogens with zero attached hydrogens (tertiary/aromatic N) is 1. The van der Waals surface area contributed by atoms with Crippen LogP contribution in [0.1, 0.15) is 47.2 Å². The Labute approximate surface area is 147 Å². The highest BCUT2D eigenvalue weighted by molar-refractivity contribution is 7.13. The predicted octanol–water partition coefficient (Wildman–Crippen LogP) is 2.17. The van der Waals surface area contributed by atoms with E-state index in [-0.39, 0.29) is 17.9 Å². The summed E-state index contributed by atoms with van der Waals surface area (Å²) in [4.78, 5) is 28.8. The zero-order valence-electron chi connectivity index (χ0n) is 14.5. The van der Waals surface area contributed by atoms with Crippen LogP contribution in [0.5, 0.6) is 0 Å². The molecule has 2 amide bonds. The minimum Gasteiger partial charge on any atom is -0.348 e. The van der Waals surface area contributed by atoms with Gasteiger partial charge >= 0.3 is 0 Å². The minimum absolute atomic E-state index is 0.0186. The molecule has 2 saturated heterocycles. The smallest absolute Gasteiger partial charge is 0.261 e. The molecule has 3 rings (SSSR count). The van der Waals surface area contributed by atoms with Crippen molar-refractivity contribution >= 4 is 23.2 Å². The summed E-state index contributed by atoms with van der Waals surface area (Å²) in [6.07, 6.45) is 3.58. The molecule has 0 spiro atoms. The number of amides is 2. The monoisotopic (exact) mass is 349 g/mol. The van der Waals surface area contributed by atoms with Gasteiger partial charge in [-0.15, -0.1) is 11.3 Å². The van der Waals surface area contributed by atoms with E-state index in [4.69, 9.17) is 0 Å². The highest BCUT2D eigenvalue weighted by Gasteiger charge is 2.31. The zero-order chi connectivity index (χ0) is 17.1. The largest absolute Gasteiger partial charge is 0.348 e. The molecular weight excluding hydrogens is 322 g/mol. The highest BCUT2D eigenvalue weighted by atomic mass is 32.1. The van der Waals surface area contributed by atoms with Crippen molar-refractivity contribution in [2.75, 3.05) is 19.6 Å². The molecule has 2 fully saturated rings. The van der Waals surface area contributed by atoms with E-state index in [0.29, 0.717) is 11.9 Å².